The summed E-state index contributed by atoms with van der Waals surface area (Å²) in [7, 11) is 0. The third kappa shape index (κ3) is 2.96. The van der Waals surface area contributed by atoms with Crippen molar-refractivity contribution in [2.75, 3.05) is 6.54 Å². The van der Waals surface area contributed by atoms with Crippen molar-refractivity contribution < 1.29 is 9.21 Å². The van der Waals surface area contributed by atoms with Crippen LogP contribution in [0.5, 0.6) is 0 Å². The monoisotopic (exact) mass is 265 g/mol. The molecule has 0 radical (unpaired) electrons. The molecule has 0 saturated carbocycles. The zero-order chi connectivity index (χ0) is 13.0. The van der Waals surface area contributed by atoms with Crippen LogP contribution in [0.25, 0.3) is 0 Å². The minimum Gasteiger partial charge on any atom is -0.467 e. The molecule has 2 aromatic heterocycles. The van der Waals surface area contributed by atoms with Crippen molar-refractivity contribution in [1.82, 2.24) is 10.3 Å². The van der Waals surface area contributed by atoms with Crippen LogP contribution in [-0.4, -0.2) is 17.4 Å². The van der Waals surface area contributed by atoms with Gasteiger partial charge in [0.25, 0.3) is 5.91 Å². The fraction of sp³-hybridized carbons (Fsp3) is 0.333. The number of aromatic nitrogens is 1. The van der Waals surface area contributed by atoms with Crippen molar-refractivity contribution in [3.05, 3.63) is 40.2 Å². The molecule has 1 atom stereocenters. The molecule has 96 valence electrons. The highest BCUT2D eigenvalue weighted by molar-refractivity contribution is 7.09. The summed E-state index contributed by atoms with van der Waals surface area (Å²) in [5.41, 5.74) is 5.88. The summed E-state index contributed by atoms with van der Waals surface area (Å²) in [6.07, 6.45) is 2.28. The van der Waals surface area contributed by atoms with Crippen molar-refractivity contribution in [2.45, 2.75) is 19.4 Å². The lowest BCUT2D eigenvalue weighted by molar-refractivity contribution is 0.0931. The van der Waals surface area contributed by atoms with Gasteiger partial charge < -0.3 is 15.5 Å². The van der Waals surface area contributed by atoms with Gasteiger partial charge in [0.15, 0.2) is 0 Å². The molecule has 5 nitrogen and oxygen atoms in total. The van der Waals surface area contributed by atoms with Gasteiger partial charge in [-0.05, 0) is 25.6 Å². The van der Waals surface area contributed by atoms with E-state index in [0.29, 0.717) is 18.7 Å². The smallest absolute Gasteiger partial charge is 0.271 e. The maximum absolute atomic E-state index is 11.9. The average molecular weight is 265 g/mol. The molecule has 0 aliphatic heterocycles. The largest absolute Gasteiger partial charge is 0.467 e. The summed E-state index contributed by atoms with van der Waals surface area (Å²) in [4.78, 5) is 16.2. The minimum absolute atomic E-state index is 0.174. The van der Waals surface area contributed by atoms with E-state index in [1.807, 2.05) is 13.0 Å². The predicted molar refractivity (Wildman–Crippen MR) is 69.5 cm³/mol. The van der Waals surface area contributed by atoms with Gasteiger partial charge in [-0.1, -0.05) is 0 Å². The Morgan fingerprint density at radius 3 is 3.17 bits per heavy atom. The molecule has 2 aromatic rings. The molecule has 0 aromatic carbocycles. The van der Waals surface area contributed by atoms with Crippen molar-refractivity contribution in [2.24, 2.45) is 5.73 Å². The molecule has 0 bridgehead atoms. The lowest BCUT2D eigenvalue weighted by atomic mass is 10.2. The van der Waals surface area contributed by atoms with Gasteiger partial charge in [0.2, 0.25) is 0 Å². The van der Waals surface area contributed by atoms with Gasteiger partial charge in [0, 0.05) is 11.8 Å². The number of rotatable bonds is 5. The molecule has 0 aliphatic carbocycles. The zero-order valence-corrected chi connectivity index (χ0v) is 10.9. The van der Waals surface area contributed by atoms with Crippen LogP contribution < -0.4 is 11.1 Å². The van der Waals surface area contributed by atoms with E-state index in [4.69, 9.17) is 10.2 Å². The van der Waals surface area contributed by atoms with Crippen molar-refractivity contribution in [1.29, 1.82) is 0 Å². The molecule has 0 saturated heterocycles. The van der Waals surface area contributed by atoms with E-state index in [2.05, 4.69) is 10.3 Å². The summed E-state index contributed by atoms with van der Waals surface area (Å²) in [5, 5.41) is 5.46. The number of amides is 1. The molecule has 0 aliphatic rings. The van der Waals surface area contributed by atoms with Crippen LogP contribution in [-0.2, 0) is 6.42 Å². The average Bonchev–Trinajstić information content (AvgIpc) is 3.00. The maximum atomic E-state index is 11.9. The van der Waals surface area contributed by atoms with Crippen LogP contribution in [0.3, 0.4) is 0 Å². The number of carbonyl (C=O) groups excluding carboxylic acids is 1. The van der Waals surface area contributed by atoms with Crippen LogP contribution in [0.2, 0.25) is 0 Å². The first-order valence-corrected chi connectivity index (χ1v) is 6.57. The number of nitrogens with zero attached hydrogens (tertiary/aromatic N) is 1. The van der Waals surface area contributed by atoms with Crippen LogP contribution >= 0.6 is 11.3 Å². The van der Waals surface area contributed by atoms with Gasteiger partial charge in [0.05, 0.1) is 17.3 Å². The molecule has 3 N–H and O–H groups in total. The minimum atomic E-state index is -0.196. The first-order chi connectivity index (χ1) is 8.70. The Hall–Kier alpha value is -1.66. The molecular formula is C12H15N3O2S. The Balaban J connectivity index is 1.98. The number of hydrogen-bond acceptors (Lipinski definition) is 5. The first kappa shape index (κ1) is 12.8. The van der Waals surface area contributed by atoms with Gasteiger partial charge >= 0.3 is 0 Å². The third-order valence-corrected chi connectivity index (χ3v) is 3.37. The molecule has 0 fully saturated rings. The molecule has 1 amide bonds. The molecule has 18 heavy (non-hydrogen) atoms. The Labute approximate surface area is 109 Å². The second kappa shape index (κ2) is 5.79. The second-order valence-corrected chi connectivity index (χ2v) is 4.82. The number of thiazole rings is 1. The number of nitrogens with one attached hydrogen (secondary N) is 1. The first-order valence-electron chi connectivity index (χ1n) is 5.69. The number of furan rings is 1. The van der Waals surface area contributed by atoms with Gasteiger partial charge in [-0.15, -0.1) is 11.3 Å². The van der Waals surface area contributed by atoms with Crippen LogP contribution in [0.4, 0.5) is 0 Å². The van der Waals surface area contributed by atoms with Gasteiger partial charge in [0.1, 0.15) is 11.5 Å². The van der Waals surface area contributed by atoms with E-state index in [9.17, 15) is 4.79 Å². The van der Waals surface area contributed by atoms with Gasteiger partial charge in [-0.25, -0.2) is 4.98 Å². The van der Waals surface area contributed by atoms with Crippen molar-refractivity contribution in [3.63, 3.8) is 0 Å². The van der Waals surface area contributed by atoms with E-state index in [1.165, 1.54) is 11.3 Å². The van der Waals surface area contributed by atoms with E-state index >= 15 is 0 Å². The fourth-order valence-electron chi connectivity index (χ4n) is 1.53. The third-order valence-electron chi connectivity index (χ3n) is 2.46. The van der Waals surface area contributed by atoms with Gasteiger partial charge in [-0.3, -0.25) is 4.79 Å². The normalized spacial score (nSPS) is 12.3. The van der Waals surface area contributed by atoms with E-state index in [0.717, 1.165) is 10.8 Å². The number of carbonyl (C=O) groups is 1. The molecule has 0 spiro atoms. The van der Waals surface area contributed by atoms with E-state index < -0.39 is 0 Å². The van der Waals surface area contributed by atoms with E-state index in [-0.39, 0.29) is 11.9 Å². The Bertz CT molecular complexity index is 507. The molecule has 2 heterocycles. The quantitative estimate of drug-likeness (QED) is 0.862. The lowest BCUT2D eigenvalue weighted by Crippen LogP contribution is -2.26. The Kier molecular flexibility index (Phi) is 4.11. The van der Waals surface area contributed by atoms with Crippen molar-refractivity contribution >= 4 is 17.2 Å². The number of hydrogen-bond donors (Lipinski definition) is 2. The second-order valence-electron chi connectivity index (χ2n) is 3.88. The standard InChI is InChI=1S/C12H15N3O2S/c1-8(10-3-2-6-17-10)14-12(16)9-7-18-11(15-9)4-5-13/h2-3,6-8H,4-5,13H2,1H3,(H,14,16)/t8-/m1/s1. The highest BCUT2D eigenvalue weighted by Gasteiger charge is 2.15. The topological polar surface area (TPSA) is 81.2 Å². The Morgan fingerprint density at radius 1 is 1.67 bits per heavy atom. The van der Waals surface area contributed by atoms with Crippen molar-refractivity contribution in [3.8, 4) is 0 Å². The van der Waals surface area contributed by atoms with Crippen LogP contribution in [0.1, 0.15) is 34.2 Å². The van der Waals surface area contributed by atoms with E-state index in [1.54, 1.807) is 17.7 Å². The summed E-state index contributed by atoms with van der Waals surface area (Å²) in [6, 6.07) is 3.44. The molecule has 0 unspecified atom stereocenters. The molecule has 2 rings (SSSR count). The Morgan fingerprint density at radius 2 is 2.50 bits per heavy atom. The SMILES string of the molecule is C[C@@H](NC(=O)c1csc(CCN)n1)c1ccco1. The predicted octanol–water partition coefficient (Wildman–Crippen LogP) is 1.73. The fourth-order valence-corrected chi connectivity index (χ4v) is 2.33. The zero-order valence-electron chi connectivity index (χ0n) is 10.1. The van der Waals surface area contributed by atoms with Gasteiger partial charge in [-0.2, -0.15) is 0 Å². The van der Waals surface area contributed by atoms with Crippen LogP contribution in [0, 0.1) is 0 Å². The lowest BCUT2D eigenvalue weighted by Gasteiger charge is -2.09. The number of nitrogens with two attached hydrogens (primary N) is 1. The highest BCUT2D eigenvalue weighted by atomic mass is 32.1. The summed E-state index contributed by atoms with van der Waals surface area (Å²) < 4.78 is 5.23. The molecule has 6 heteroatoms. The summed E-state index contributed by atoms with van der Waals surface area (Å²) >= 11 is 1.45. The molecular weight excluding hydrogens is 250 g/mol. The maximum Gasteiger partial charge on any atom is 0.271 e. The summed E-state index contributed by atoms with van der Waals surface area (Å²) in [6.45, 7) is 2.40. The summed E-state index contributed by atoms with van der Waals surface area (Å²) in [5.74, 6) is 0.527. The highest BCUT2D eigenvalue weighted by Crippen LogP contribution is 2.14. The van der Waals surface area contributed by atoms with Crippen LogP contribution in [0.15, 0.2) is 28.2 Å².